The molecule has 0 aliphatic carbocycles. The number of carbonyl (C=O) groups is 2. The Bertz CT molecular complexity index is 1140. The lowest BCUT2D eigenvalue weighted by Gasteiger charge is -2.12. The molecule has 0 spiro atoms. The van der Waals surface area contributed by atoms with Gasteiger partial charge in [0.15, 0.2) is 0 Å². The highest BCUT2D eigenvalue weighted by molar-refractivity contribution is 6.35. The zero-order valence-electron chi connectivity index (χ0n) is 18.0. The van der Waals surface area contributed by atoms with Crippen molar-refractivity contribution in [1.29, 1.82) is 0 Å². The third kappa shape index (κ3) is 7.45. The summed E-state index contributed by atoms with van der Waals surface area (Å²) in [5.74, 6) is -1.42. The summed E-state index contributed by atoms with van der Waals surface area (Å²) in [5, 5.41) is 6.05. The smallest absolute Gasteiger partial charge is 0.272 e. The Labute approximate surface area is 202 Å². The molecular weight excluding hydrogens is 462 g/mol. The number of carbonyl (C=O) groups excluding carboxylic acids is 2. The molecule has 0 radical (unpaired) electrons. The van der Waals surface area contributed by atoms with Gasteiger partial charge in [-0.25, -0.2) is 4.39 Å². The Morgan fingerprint density at radius 1 is 0.939 bits per heavy atom. The van der Waals surface area contributed by atoms with Crippen molar-refractivity contribution in [1.82, 2.24) is 5.32 Å². The molecule has 0 aliphatic rings. The van der Waals surface area contributed by atoms with E-state index in [0.717, 1.165) is 24.8 Å². The largest absolute Gasteiger partial charge is 0.321 e. The van der Waals surface area contributed by atoms with E-state index in [2.05, 4.69) is 17.6 Å². The van der Waals surface area contributed by atoms with Crippen LogP contribution < -0.4 is 10.6 Å². The Morgan fingerprint density at radius 2 is 1.58 bits per heavy atom. The van der Waals surface area contributed by atoms with Gasteiger partial charge >= 0.3 is 0 Å². The molecule has 0 atom stereocenters. The van der Waals surface area contributed by atoms with Crippen molar-refractivity contribution in [3.8, 4) is 0 Å². The molecular formula is C26H23Cl2FN2O2. The van der Waals surface area contributed by atoms with Crippen LogP contribution in [-0.4, -0.2) is 11.8 Å². The van der Waals surface area contributed by atoms with Crippen LogP contribution in [0.15, 0.2) is 72.4 Å². The number of anilines is 1. The summed E-state index contributed by atoms with van der Waals surface area (Å²) < 4.78 is 13.3. The van der Waals surface area contributed by atoms with E-state index in [9.17, 15) is 14.0 Å². The van der Waals surface area contributed by atoms with E-state index < -0.39 is 17.6 Å². The van der Waals surface area contributed by atoms with Gasteiger partial charge in [-0.15, -0.1) is 0 Å². The van der Waals surface area contributed by atoms with Gasteiger partial charge in [-0.3, -0.25) is 9.59 Å². The van der Waals surface area contributed by atoms with Crippen LogP contribution in [0.4, 0.5) is 10.1 Å². The molecule has 0 saturated carbocycles. The first-order valence-electron chi connectivity index (χ1n) is 10.5. The van der Waals surface area contributed by atoms with E-state index in [1.807, 2.05) is 12.1 Å². The van der Waals surface area contributed by atoms with Gasteiger partial charge in [-0.2, -0.15) is 0 Å². The number of unbranched alkanes of at least 4 members (excludes halogenated alkanes) is 1. The molecule has 3 aromatic rings. The van der Waals surface area contributed by atoms with Crippen molar-refractivity contribution in [2.75, 3.05) is 5.32 Å². The van der Waals surface area contributed by atoms with Gasteiger partial charge in [0, 0.05) is 21.3 Å². The average Bonchev–Trinajstić information content (AvgIpc) is 2.78. The summed E-state index contributed by atoms with van der Waals surface area (Å²) in [4.78, 5) is 25.8. The molecule has 7 heteroatoms. The van der Waals surface area contributed by atoms with E-state index in [4.69, 9.17) is 23.2 Å². The highest BCUT2D eigenvalue weighted by Gasteiger charge is 2.16. The monoisotopic (exact) mass is 484 g/mol. The Kier molecular flexibility index (Phi) is 8.64. The number of benzene rings is 3. The van der Waals surface area contributed by atoms with Crippen molar-refractivity contribution < 1.29 is 14.0 Å². The molecule has 2 amide bonds. The van der Waals surface area contributed by atoms with Gasteiger partial charge in [0.25, 0.3) is 11.8 Å². The second kappa shape index (κ2) is 11.6. The van der Waals surface area contributed by atoms with Crippen molar-refractivity contribution in [2.24, 2.45) is 0 Å². The van der Waals surface area contributed by atoms with Gasteiger partial charge in [0.1, 0.15) is 11.5 Å². The molecule has 4 nitrogen and oxygen atoms in total. The molecule has 0 unspecified atom stereocenters. The Morgan fingerprint density at radius 3 is 2.18 bits per heavy atom. The van der Waals surface area contributed by atoms with Crippen LogP contribution in [0.1, 0.15) is 41.3 Å². The van der Waals surface area contributed by atoms with Crippen molar-refractivity contribution in [2.45, 2.75) is 26.2 Å². The van der Waals surface area contributed by atoms with Crippen LogP contribution >= 0.6 is 23.2 Å². The van der Waals surface area contributed by atoms with E-state index in [0.29, 0.717) is 26.9 Å². The number of rotatable bonds is 8. The quantitative estimate of drug-likeness (QED) is 0.342. The lowest BCUT2D eigenvalue weighted by Crippen LogP contribution is -2.30. The Hall–Kier alpha value is -3.15. The number of aryl methyl sites for hydroxylation is 1. The molecule has 0 saturated heterocycles. The lowest BCUT2D eigenvalue weighted by atomic mass is 10.1. The highest BCUT2D eigenvalue weighted by atomic mass is 35.5. The molecule has 2 N–H and O–H groups in total. The van der Waals surface area contributed by atoms with E-state index in [1.54, 1.807) is 18.2 Å². The predicted octanol–water partition coefficient (Wildman–Crippen LogP) is 6.88. The topological polar surface area (TPSA) is 58.2 Å². The van der Waals surface area contributed by atoms with Gasteiger partial charge in [-0.1, -0.05) is 60.8 Å². The molecule has 0 heterocycles. The van der Waals surface area contributed by atoms with Crippen LogP contribution in [0, 0.1) is 5.82 Å². The van der Waals surface area contributed by atoms with Gasteiger partial charge < -0.3 is 10.6 Å². The first-order valence-corrected chi connectivity index (χ1v) is 11.2. The summed E-state index contributed by atoms with van der Waals surface area (Å²) in [6.07, 6.45) is 4.57. The van der Waals surface area contributed by atoms with Crippen LogP contribution in [-0.2, 0) is 11.2 Å². The predicted molar refractivity (Wildman–Crippen MR) is 132 cm³/mol. The highest BCUT2D eigenvalue weighted by Crippen LogP contribution is 2.23. The molecule has 33 heavy (non-hydrogen) atoms. The molecule has 0 aromatic heterocycles. The summed E-state index contributed by atoms with van der Waals surface area (Å²) >= 11 is 12.0. The standard InChI is InChI=1S/C26H23Cl2FN2O2/c1-2-3-4-17-5-9-19(10-6-17)25(32)31-24(13-18-7-11-22(29)12-8-18)26(33)30-23-15-20(27)14-21(28)16-23/h5-16H,2-4H2,1H3,(H,30,33)(H,31,32)/b24-13-. The van der Waals surface area contributed by atoms with Crippen molar-refractivity contribution >= 4 is 46.8 Å². The zero-order chi connectivity index (χ0) is 23.8. The maximum Gasteiger partial charge on any atom is 0.272 e. The number of hydrogen-bond acceptors (Lipinski definition) is 2. The van der Waals surface area contributed by atoms with Gasteiger partial charge in [0.05, 0.1) is 0 Å². The molecule has 0 fully saturated rings. The van der Waals surface area contributed by atoms with Gasteiger partial charge in [-0.05, 0) is 72.5 Å². The van der Waals surface area contributed by atoms with E-state index >= 15 is 0 Å². The minimum absolute atomic E-state index is 0.0160. The second-order valence-electron chi connectivity index (χ2n) is 7.48. The number of nitrogens with one attached hydrogen (secondary N) is 2. The average molecular weight is 485 g/mol. The summed E-state index contributed by atoms with van der Waals surface area (Å²) in [6.45, 7) is 2.12. The maximum absolute atomic E-state index is 13.3. The number of hydrogen-bond donors (Lipinski definition) is 2. The fourth-order valence-electron chi connectivity index (χ4n) is 3.11. The summed E-state index contributed by atoms with van der Waals surface area (Å²) in [7, 11) is 0. The molecule has 3 rings (SSSR count). The van der Waals surface area contributed by atoms with Crippen LogP contribution in [0.5, 0.6) is 0 Å². The zero-order valence-corrected chi connectivity index (χ0v) is 19.5. The maximum atomic E-state index is 13.3. The first kappa shape index (κ1) is 24.5. The molecule has 3 aromatic carbocycles. The summed E-state index contributed by atoms with van der Waals surface area (Å²) in [6, 6.07) is 17.4. The minimum atomic E-state index is -0.578. The van der Waals surface area contributed by atoms with Crippen LogP contribution in [0.25, 0.3) is 6.08 Å². The fraction of sp³-hybridized carbons (Fsp3) is 0.154. The third-order valence-corrected chi connectivity index (χ3v) is 5.27. The third-order valence-electron chi connectivity index (χ3n) is 4.83. The molecule has 0 bridgehead atoms. The van der Waals surface area contributed by atoms with Crippen LogP contribution in [0.2, 0.25) is 10.0 Å². The SMILES string of the molecule is CCCCc1ccc(C(=O)N/C(=C\c2ccc(F)cc2)C(=O)Nc2cc(Cl)cc(Cl)c2)cc1. The first-order chi connectivity index (χ1) is 15.8. The summed E-state index contributed by atoms with van der Waals surface area (Å²) in [5.41, 5.74) is 2.46. The Balaban J connectivity index is 1.84. The molecule has 170 valence electrons. The minimum Gasteiger partial charge on any atom is -0.321 e. The van der Waals surface area contributed by atoms with Crippen molar-refractivity contribution in [3.63, 3.8) is 0 Å². The van der Waals surface area contributed by atoms with Gasteiger partial charge in [0.2, 0.25) is 0 Å². The number of halogens is 3. The normalized spacial score (nSPS) is 11.2. The number of amides is 2. The van der Waals surface area contributed by atoms with Crippen molar-refractivity contribution in [3.05, 3.63) is 105 Å². The van der Waals surface area contributed by atoms with Crippen LogP contribution in [0.3, 0.4) is 0 Å². The van der Waals surface area contributed by atoms with E-state index in [1.165, 1.54) is 42.5 Å². The fourth-order valence-corrected chi connectivity index (χ4v) is 3.63. The second-order valence-corrected chi connectivity index (χ2v) is 8.35. The molecule has 0 aliphatic heterocycles. The lowest BCUT2D eigenvalue weighted by molar-refractivity contribution is -0.113. The van der Waals surface area contributed by atoms with E-state index in [-0.39, 0.29) is 5.70 Å².